The van der Waals surface area contributed by atoms with Gasteiger partial charge in [0, 0.05) is 37.4 Å². The molecular formula is C18H24IN5O. The molecule has 25 heavy (non-hydrogen) atoms. The van der Waals surface area contributed by atoms with Gasteiger partial charge in [-0.2, -0.15) is 5.10 Å². The molecule has 0 unspecified atom stereocenters. The molecule has 1 aromatic carbocycles. The van der Waals surface area contributed by atoms with E-state index in [-0.39, 0.29) is 24.0 Å². The van der Waals surface area contributed by atoms with E-state index in [0.29, 0.717) is 6.54 Å². The lowest BCUT2D eigenvalue weighted by atomic mass is 10.2. The van der Waals surface area contributed by atoms with Crippen molar-refractivity contribution in [2.24, 2.45) is 4.99 Å². The van der Waals surface area contributed by atoms with Gasteiger partial charge in [0.2, 0.25) is 0 Å². The molecule has 0 atom stereocenters. The molecule has 0 spiro atoms. The molecule has 0 saturated carbocycles. The van der Waals surface area contributed by atoms with Crippen LogP contribution in [-0.2, 0) is 13.1 Å². The van der Waals surface area contributed by atoms with Gasteiger partial charge in [-0.25, -0.2) is 4.99 Å². The highest BCUT2D eigenvalue weighted by atomic mass is 127. The second-order valence-electron chi connectivity index (χ2n) is 5.50. The number of rotatable bonds is 7. The molecule has 2 N–H and O–H groups in total. The number of nitrogens with one attached hydrogen (secondary N) is 2. The van der Waals surface area contributed by atoms with E-state index in [2.05, 4.69) is 27.6 Å². The van der Waals surface area contributed by atoms with Crippen molar-refractivity contribution in [3.8, 4) is 0 Å². The zero-order valence-corrected chi connectivity index (χ0v) is 16.6. The van der Waals surface area contributed by atoms with E-state index in [1.807, 2.05) is 47.3 Å². The molecule has 0 aliphatic heterocycles. The standard InChI is InChI=1S/C18H23N5O.HI/c1-2-19-18(20-9-5-11-23-12-6-10-22-23)21-14-16-13-15-7-3-4-8-17(15)24-16;/h3-4,6-8,10,12-13H,2,5,9,11,14H2,1H3,(H2,19,20,21);1H. The van der Waals surface area contributed by atoms with Crippen LogP contribution in [0.4, 0.5) is 0 Å². The van der Waals surface area contributed by atoms with Gasteiger partial charge in [-0.3, -0.25) is 4.68 Å². The van der Waals surface area contributed by atoms with E-state index < -0.39 is 0 Å². The lowest BCUT2D eigenvalue weighted by molar-refractivity contribution is 0.550. The lowest BCUT2D eigenvalue weighted by Crippen LogP contribution is -2.38. The average Bonchev–Trinajstić information content (AvgIpc) is 3.25. The van der Waals surface area contributed by atoms with Crippen LogP contribution in [0, 0.1) is 0 Å². The quantitative estimate of drug-likeness (QED) is 0.249. The predicted molar refractivity (Wildman–Crippen MR) is 111 cm³/mol. The highest BCUT2D eigenvalue weighted by Gasteiger charge is 2.03. The number of aryl methyl sites for hydroxylation is 1. The lowest BCUT2D eigenvalue weighted by Gasteiger charge is -2.10. The summed E-state index contributed by atoms with van der Waals surface area (Å²) < 4.78 is 7.73. The fourth-order valence-corrected chi connectivity index (χ4v) is 2.49. The Morgan fingerprint density at radius 1 is 1.24 bits per heavy atom. The van der Waals surface area contributed by atoms with Crippen LogP contribution in [0.3, 0.4) is 0 Å². The number of benzene rings is 1. The van der Waals surface area contributed by atoms with E-state index in [4.69, 9.17) is 4.42 Å². The number of para-hydroxylation sites is 1. The fraction of sp³-hybridized carbons (Fsp3) is 0.333. The summed E-state index contributed by atoms with van der Waals surface area (Å²) in [5.74, 6) is 1.67. The normalized spacial score (nSPS) is 11.3. The molecule has 134 valence electrons. The van der Waals surface area contributed by atoms with E-state index >= 15 is 0 Å². The largest absolute Gasteiger partial charge is 0.459 e. The third-order valence-corrected chi connectivity index (χ3v) is 3.63. The van der Waals surface area contributed by atoms with Gasteiger partial charge in [0.05, 0.1) is 0 Å². The van der Waals surface area contributed by atoms with E-state index in [1.54, 1.807) is 6.20 Å². The Labute approximate surface area is 164 Å². The van der Waals surface area contributed by atoms with Crippen molar-refractivity contribution in [2.45, 2.75) is 26.4 Å². The van der Waals surface area contributed by atoms with E-state index in [1.165, 1.54) is 0 Å². The fourth-order valence-electron chi connectivity index (χ4n) is 2.49. The zero-order chi connectivity index (χ0) is 16.6. The van der Waals surface area contributed by atoms with Gasteiger partial charge in [0.15, 0.2) is 5.96 Å². The first kappa shape index (κ1) is 19.3. The third-order valence-electron chi connectivity index (χ3n) is 3.63. The van der Waals surface area contributed by atoms with Crippen molar-refractivity contribution in [3.05, 3.63) is 54.6 Å². The SMILES string of the molecule is CCNC(=NCc1cc2ccccc2o1)NCCCn1cccn1.I. The molecule has 0 aliphatic rings. The summed E-state index contributed by atoms with van der Waals surface area (Å²) >= 11 is 0. The summed E-state index contributed by atoms with van der Waals surface area (Å²) in [7, 11) is 0. The topological polar surface area (TPSA) is 67.4 Å². The minimum Gasteiger partial charge on any atom is -0.459 e. The molecule has 2 aromatic heterocycles. The third kappa shape index (κ3) is 5.77. The summed E-state index contributed by atoms with van der Waals surface area (Å²) in [6.45, 7) is 5.13. The Balaban J connectivity index is 0.00000225. The number of furan rings is 1. The summed E-state index contributed by atoms with van der Waals surface area (Å²) in [4.78, 5) is 4.59. The number of guanidine groups is 1. The first-order valence-electron chi connectivity index (χ1n) is 8.32. The van der Waals surface area contributed by atoms with Crippen LogP contribution >= 0.6 is 24.0 Å². The molecule has 0 radical (unpaired) electrons. The molecule has 0 fully saturated rings. The Morgan fingerprint density at radius 2 is 2.12 bits per heavy atom. The van der Waals surface area contributed by atoms with Crippen molar-refractivity contribution in [2.75, 3.05) is 13.1 Å². The van der Waals surface area contributed by atoms with Gasteiger partial charge in [-0.05, 0) is 31.5 Å². The highest BCUT2D eigenvalue weighted by molar-refractivity contribution is 14.0. The Hall–Kier alpha value is -2.03. The maximum atomic E-state index is 5.80. The molecule has 7 heteroatoms. The summed E-state index contributed by atoms with van der Waals surface area (Å²) in [6, 6.07) is 12.0. The van der Waals surface area contributed by atoms with Gasteiger partial charge in [0.1, 0.15) is 17.9 Å². The molecule has 2 heterocycles. The molecule has 3 aromatic rings. The number of hydrogen-bond acceptors (Lipinski definition) is 3. The molecular weight excluding hydrogens is 429 g/mol. The van der Waals surface area contributed by atoms with Gasteiger partial charge < -0.3 is 15.1 Å². The first-order chi connectivity index (χ1) is 11.8. The number of halogens is 1. The highest BCUT2D eigenvalue weighted by Crippen LogP contribution is 2.19. The number of nitrogens with zero attached hydrogens (tertiary/aromatic N) is 3. The summed E-state index contributed by atoms with van der Waals surface area (Å²) in [6.07, 6.45) is 4.75. The monoisotopic (exact) mass is 453 g/mol. The van der Waals surface area contributed by atoms with Crippen LogP contribution in [0.15, 0.2) is 58.2 Å². The van der Waals surface area contributed by atoms with Crippen LogP contribution in [0.2, 0.25) is 0 Å². The molecule has 6 nitrogen and oxygen atoms in total. The van der Waals surface area contributed by atoms with Crippen molar-refractivity contribution >= 4 is 40.9 Å². The average molecular weight is 453 g/mol. The van der Waals surface area contributed by atoms with E-state index in [0.717, 1.165) is 48.7 Å². The number of hydrogen-bond donors (Lipinski definition) is 2. The minimum absolute atomic E-state index is 0. The van der Waals surface area contributed by atoms with Crippen LogP contribution in [0.1, 0.15) is 19.1 Å². The maximum Gasteiger partial charge on any atom is 0.191 e. The predicted octanol–water partition coefficient (Wildman–Crippen LogP) is 3.39. The number of aromatic nitrogens is 2. The van der Waals surface area contributed by atoms with Gasteiger partial charge in [-0.1, -0.05) is 18.2 Å². The summed E-state index contributed by atoms with van der Waals surface area (Å²) in [5, 5.41) is 11.9. The number of fused-ring (bicyclic) bond motifs is 1. The second kappa shape index (κ2) is 10.1. The second-order valence-corrected chi connectivity index (χ2v) is 5.50. The van der Waals surface area contributed by atoms with Gasteiger partial charge in [0.25, 0.3) is 0 Å². The van der Waals surface area contributed by atoms with Crippen LogP contribution in [0.5, 0.6) is 0 Å². The maximum absolute atomic E-state index is 5.80. The van der Waals surface area contributed by atoms with E-state index in [9.17, 15) is 0 Å². The first-order valence-corrected chi connectivity index (χ1v) is 8.32. The Kier molecular flexibility index (Phi) is 7.77. The van der Waals surface area contributed by atoms with Gasteiger partial charge >= 0.3 is 0 Å². The Morgan fingerprint density at radius 3 is 2.88 bits per heavy atom. The molecule has 0 saturated heterocycles. The van der Waals surface area contributed by atoms with Crippen molar-refractivity contribution < 1.29 is 4.42 Å². The van der Waals surface area contributed by atoms with Crippen LogP contribution in [-0.4, -0.2) is 28.8 Å². The molecule has 0 bridgehead atoms. The van der Waals surface area contributed by atoms with Crippen molar-refractivity contribution in [1.82, 2.24) is 20.4 Å². The smallest absolute Gasteiger partial charge is 0.191 e. The van der Waals surface area contributed by atoms with Crippen molar-refractivity contribution in [1.29, 1.82) is 0 Å². The van der Waals surface area contributed by atoms with Crippen LogP contribution < -0.4 is 10.6 Å². The molecule has 3 rings (SSSR count). The number of aliphatic imine (C=N–C) groups is 1. The summed E-state index contributed by atoms with van der Waals surface area (Å²) in [5.41, 5.74) is 0.903. The molecule has 0 amide bonds. The van der Waals surface area contributed by atoms with Gasteiger partial charge in [-0.15, -0.1) is 24.0 Å². The minimum atomic E-state index is 0. The molecule has 0 aliphatic carbocycles. The zero-order valence-electron chi connectivity index (χ0n) is 14.3. The van der Waals surface area contributed by atoms with Crippen LogP contribution in [0.25, 0.3) is 11.0 Å². The van der Waals surface area contributed by atoms with Crippen molar-refractivity contribution in [3.63, 3.8) is 0 Å². The Bertz CT molecular complexity index is 749.